The number of amides is 1. The standard InChI is InChI=1S/C15H24N2OS/c1-5-15(6-2,19-4)10-17-14(18)12-8-7-9-13(16)11(12)3/h7-9H,5-6,10,16H2,1-4H3,(H,17,18). The lowest BCUT2D eigenvalue weighted by atomic mass is 10.0. The minimum Gasteiger partial charge on any atom is -0.398 e. The smallest absolute Gasteiger partial charge is 0.251 e. The highest BCUT2D eigenvalue weighted by Gasteiger charge is 2.25. The van der Waals surface area contributed by atoms with Crippen molar-refractivity contribution in [3.05, 3.63) is 29.3 Å². The molecule has 0 aliphatic heterocycles. The molecule has 1 aromatic rings. The summed E-state index contributed by atoms with van der Waals surface area (Å²) in [5.41, 5.74) is 8.02. The van der Waals surface area contributed by atoms with Gasteiger partial charge in [-0.1, -0.05) is 19.9 Å². The Hall–Kier alpha value is -1.16. The molecule has 0 unspecified atom stereocenters. The number of nitrogens with one attached hydrogen (secondary N) is 1. The third kappa shape index (κ3) is 3.66. The normalized spacial score (nSPS) is 11.4. The molecule has 3 nitrogen and oxygen atoms in total. The lowest BCUT2D eigenvalue weighted by molar-refractivity contribution is 0.0948. The van der Waals surface area contributed by atoms with Crippen molar-refractivity contribution < 1.29 is 4.79 Å². The van der Waals surface area contributed by atoms with E-state index in [1.807, 2.05) is 36.9 Å². The average Bonchev–Trinajstić information content (AvgIpc) is 2.44. The quantitative estimate of drug-likeness (QED) is 0.787. The molecule has 0 radical (unpaired) electrons. The van der Waals surface area contributed by atoms with Crippen molar-refractivity contribution in [2.45, 2.75) is 38.4 Å². The molecule has 1 rings (SSSR count). The summed E-state index contributed by atoms with van der Waals surface area (Å²) < 4.78 is 0.129. The van der Waals surface area contributed by atoms with E-state index < -0.39 is 0 Å². The second kappa shape index (κ2) is 6.85. The molecule has 0 bridgehead atoms. The van der Waals surface area contributed by atoms with Crippen molar-refractivity contribution in [1.82, 2.24) is 5.32 Å². The van der Waals surface area contributed by atoms with Gasteiger partial charge in [-0.3, -0.25) is 4.79 Å². The fourth-order valence-corrected chi connectivity index (χ4v) is 2.89. The zero-order chi connectivity index (χ0) is 14.5. The molecule has 19 heavy (non-hydrogen) atoms. The van der Waals surface area contributed by atoms with Crippen LogP contribution in [0.3, 0.4) is 0 Å². The number of anilines is 1. The van der Waals surface area contributed by atoms with Gasteiger partial charge in [0.25, 0.3) is 5.91 Å². The Morgan fingerprint density at radius 1 is 1.37 bits per heavy atom. The van der Waals surface area contributed by atoms with Gasteiger partial charge in [-0.05, 0) is 43.7 Å². The first-order valence-electron chi connectivity index (χ1n) is 6.68. The molecule has 3 N–H and O–H groups in total. The molecular formula is C15H24N2OS. The Bertz CT molecular complexity index is 434. The van der Waals surface area contributed by atoms with Crippen molar-refractivity contribution >= 4 is 23.4 Å². The maximum Gasteiger partial charge on any atom is 0.251 e. The van der Waals surface area contributed by atoms with E-state index in [1.54, 1.807) is 0 Å². The lowest BCUT2D eigenvalue weighted by Crippen LogP contribution is -2.39. The Balaban J connectivity index is 2.78. The second-order valence-corrected chi connectivity index (χ2v) is 6.07. The highest BCUT2D eigenvalue weighted by Crippen LogP contribution is 2.29. The summed E-state index contributed by atoms with van der Waals surface area (Å²) in [6.07, 6.45) is 4.19. The van der Waals surface area contributed by atoms with E-state index >= 15 is 0 Å². The van der Waals surface area contributed by atoms with E-state index in [9.17, 15) is 4.79 Å². The summed E-state index contributed by atoms with van der Waals surface area (Å²) in [6.45, 7) is 6.90. The van der Waals surface area contributed by atoms with E-state index in [-0.39, 0.29) is 10.7 Å². The van der Waals surface area contributed by atoms with Crippen LogP contribution >= 0.6 is 11.8 Å². The van der Waals surface area contributed by atoms with Gasteiger partial charge >= 0.3 is 0 Å². The molecule has 4 heteroatoms. The Labute approximate surface area is 120 Å². The molecule has 106 valence electrons. The van der Waals surface area contributed by atoms with Crippen LogP contribution in [0, 0.1) is 6.92 Å². The Morgan fingerprint density at radius 2 is 2.00 bits per heavy atom. The monoisotopic (exact) mass is 280 g/mol. The van der Waals surface area contributed by atoms with E-state index in [4.69, 9.17) is 5.73 Å². The zero-order valence-corrected chi connectivity index (χ0v) is 13.1. The summed E-state index contributed by atoms with van der Waals surface area (Å²) in [5, 5.41) is 3.05. The SMILES string of the molecule is CCC(CC)(CNC(=O)c1cccc(N)c1C)SC. The number of nitrogen functional groups attached to an aromatic ring is 1. The summed E-state index contributed by atoms with van der Waals surface area (Å²) in [5.74, 6) is -0.0369. The van der Waals surface area contributed by atoms with E-state index in [0.717, 1.165) is 18.4 Å². The van der Waals surface area contributed by atoms with Crippen LogP contribution in [-0.4, -0.2) is 23.5 Å². The second-order valence-electron chi connectivity index (χ2n) is 4.80. The molecule has 0 spiro atoms. The Morgan fingerprint density at radius 3 is 2.53 bits per heavy atom. The van der Waals surface area contributed by atoms with Gasteiger partial charge in [0, 0.05) is 22.5 Å². The predicted octanol–water partition coefficient (Wildman–Crippen LogP) is 3.23. The molecule has 0 aliphatic rings. The summed E-state index contributed by atoms with van der Waals surface area (Å²) in [7, 11) is 0. The molecule has 0 saturated heterocycles. The van der Waals surface area contributed by atoms with Crippen LogP contribution in [0.2, 0.25) is 0 Å². The topological polar surface area (TPSA) is 55.1 Å². The van der Waals surface area contributed by atoms with Gasteiger partial charge in [0.05, 0.1) is 0 Å². The first-order valence-corrected chi connectivity index (χ1v) is 7.90. The maximum absolute atomic E-state index is 12.2. The average molecular weight is 280 g/mol. The predicted molar refractivity (Wildman–Crippen MR) is 84.8 cm³/mol. The number of thioether (sulfide) groups is 1. The number of hydrogen-bond acceptors (Lipinski definition) is 3. The molecule has 1 aromatic carbocycles. The van der Waals surface area contributed by atoms with Gasteiger partial charge in [0.2, 0.25) is 0 Å². The van der Waals surface area contributed by atoms with Crippen molar-refractivity contribution in [3.8, 4) is 0 Å². The van der Waals surface area contributed by atoms with Gasteiger partial charge in [-0.25, -0.2) is 0 Å². The van der Waals surface area contributed by atoms with Crippen LogP contribution in [0.25, 0.3) is 0 Å². The van der Waals surface area contributed by atoms with Gasteiger partial charge in [0.1, 0.15) is 0 Å². The highest BCUT2D eigenvalue weighted by molar-refractivity contribution is 8.00. The van der Waals surface area contributed by atoms with Gasteiger partial charge in [0.15, 0.2) is 0 Å². The van der Waals surface area contributed by atoms with Crippen molar-refractivity contribution in [2.24, 2.45) is 0 Å². The minimum atomic E-state index is -0.0369. The lowest BCUT2D eigenvalue weighted by Gasteiger charge is -2.29. The first-order chi connectivity index (χ1) is 8.99. The van der Waals surface area contributed by atoms with Crippen LogP contribution in [0.1, 0.15) is 42.6 Å². The van der Waals surface area contributed by atoms with E-state index in [2.05, 4.69) is 25.4 Å². The number of benzene rings is 1. The number of carbonyl (C=O) groups excluding carboxylic acids is 1. The zero-order valence-electron chi connectivity index (χ0n) is 12.2. The minimum absolute atomic E-state index is 0.0369. The number of nitrogens with two attached hydrogens (primary N) is 1. The van der Waals surface area contributed by atoms with E-state index in [0.29, 0.717) is 17.8 Å². The maximum atomic E-state index is 12.2. The van der Waals surface area contributed by atoms with Crippen LogP contribution in [0.5, 0.6) is 0 Å². The van der Waals surface area contributed by atoms with Crippen LogP contribution in [0.4, 0.5) is 5.69 Å². The summed E-state index contributed by atoms with van der Waals surface area (Å²) >= 11 is 1.82. The number of rotatable bonds is 6. The number of hydrogen-bond donors (Lipinski definition) is 2. The fourth-order valence-electron chi connectivity index (χ4n) is 2.10. The fraction of sp³-hybridized carbons (Fsp3) is 0.533. The van der Waals surface area contributed by atoms with Gasteiger partial charge in [-0.15, -0.1) is 0 Å². The molecule has 0 fully saturated rings. The van der Waals surface area contributed by atoms with Crippen molar-refractivity contribution in [2.75, 3.05) is 18.5 Å². The molecule has 0 heterocycles. The molecule has 0 saturated carbocycles. The molecule has 0 atom stereocenters. The van der Waals surface area contributed by atoms with Crippen LogP contribution < -0.4 is 11.1 Å². The van der Waals surface area contributed by atoms with Gasteiger partial charge < -0.3 is 11.1 Å². The summed E-state index contributed by atoms with van der Waals surface area (Å²) in [4.78, 5) is 12.2. The molecular weight excluding hydrogens is 256 g/mol. The molecule has 0 aromatic heterocycles. The molecule has 1 amide bonds. The van der Waals surface area contributed by atoms with Crippen molar-refractivity contribution in [3.63, 3.8) is 0 Å². The van der Waals surface area contributed by atoms with Crippen molar-refractivity contribution in [1.29, 1.82) is 0 Å². The van der Waals surface area contributed by atoms with Crippen LogP contribution in [-0.2, 0) is 0 Å². The third-order valence-corrected chi connectivity index (χ3v) is 5.50. The largest absolute Gasteiger partial charge is 0.398 e. The highest BCUT2D eigenvalue weighted by atomic mass is 32.2. The van der Waals surface area contributed by atoms with Crippen LogP contribution in [0.15, 0.2) is 18.2 Å². The van der Waals surface area contributed by atoms with E-state index in [1.165, 1.54) is 0 Å². The van der Waals surface area contributed by atoms with Gasteiger partial charge in [-0.2, -0.15) is 11.8 Å². The molecule has 0 aliphatic carbocycles. The third-order valence-electron chi connectivity index (χ3n) is 3.91. The first kappa shape index (κ1) is 15.9. The summed E-state index contributed by atoms with van der Waals surface area (Å²) in [6, 6.07) is 5.45. The number of carbonyl (C=O) groups is 1. The Kier molecular flexibility index (Phi) is 5.73.